The molecule has 0 aromatic heterocycles. The van der Waals surface area contributed by atoms with E-state index in [-0.39, 0.29) is 42.6 Å². The van der Waals surface area contributed by atoms with Gasteiger partial charge < -0.3 is 29.6 Å². The Morgan fingerprint density at radius 1 is 0.674 bits per heavy atom. The molecule has 8 nitrogen and oxygen atoms in total. The molecule has 238 valence electrons. The number of methoxy groups -OCH3 is 3. The van der Waals surface area contributed by atoms with Crippen LogP contribution in [-0.4, -0.2) is 52.0 Å². The van der Waals surface area contributed by atoms with Crippen molar-refractivity contribution in [1.82, 2.24) is 10.6 Å². The molecular weight excluding hydrogens is 580 g/mol. The van der Waals surface area contributed by atoms with Crippen LogP contribution in [0.4, 0.5) is 0 Å². The van der Waals surface area contributed by atoms with Gasteiger partial charge in [-0.1, -0.05) is 36.4 Å². The molecule has 8 heteroatoms. The maximum atomic E-state index is 13.3. The Bertz CT molecular complexity index is 1720. The third-order valence-corrected chi connectivity index (χ3v) is 9.21. The van der Waals surface area contributed by atoms with Crippen LogP contribution >= 0.6 is 0 Å². The summed E-state index contributed by atoms with van der Waals surface area (Å²) in [5, 5.41) is 7.40. The van der Waals surface area contributed by atoms with Crippen LogP contribution in [0.5, 0.6) is 11.5 Å². The molecule has 0 bridgehead atoms. The fraction of sp³-hybridized carbons (Fsp3) is 0.316. The molecule has 4 aromatic rings. The molecule has 6 rings (SSSR count). The smallest absolute Gasteiger partial charge is 0.338 e. The number of benzene rings is 4. The first-order valence-corrected chi connectivity index (χ1v) is 15.6. The minimum atomic E-state index is -0.371. The lowest BCUT2D eigenvalue weighted by atomic mass is 9.80. The van der Waals surface area contributed by atoms with Crippen LogP contribution in [0.2, 0.25) is 0 Å². The van der Waals surface area contributed by atoms with Gasteiger partial charge in [0.25, 0.3) is 0 Å². The maximum Gasteiger partial charge on any atom is 0.338 e. The van der Waals surface area contributed by atoms with Gasteiger partial charge in [0.15, 0.2) is 0 Å². The minimum absolute atomic E-state index is 0.0156. The second-order valence-corrected chi connectivity index (χ2v) is 12.1. The topological polar surface area (TPSA) is 95.1 Å². The van der Waals surface area contributed by atoms with Crippen LogP contribution in [0.15, 0.2) is 84.9 Å². The highest BCUT2D eigenvalue weighted by Gasteiger charge is 2.34. The second-order valence-electron chi connectivity index (χ2n) is 12.1. The van der Waals surface area contributed by atoms with Crippen molar-refractivity contribution in [2.45, 2.75) is 50.4 Å². The first-order valence-electron chi connectivity index (χ1n) is 15.6. The minimum Gasteiger partial charge on any atom is -0.497 e. The summed E-state index contributed by atoms with van der Waals surface area (Å²) in [6.45, 7) is 4.48. The average Bonchev–Trinajstić information content (AvgIpc) is 3.09. The molecule has 0 aliphatic carbocycles. The van der Waals surface area contributed by atoms with Crippen molar-refractivity contribution in [2.24, 2.45) is 0 Å². The number of nitrogens with one attached hydrogen (secondary N) is 2. The summed E-state index contributed by atoms with van der Waals surface area (Å²) in [5.41, 5.74) is 7.74. The molecule has 2 aliphatic heterocycles. The Hall–Kier alpha value is -4.66. The van der Waals surface area contributed by atoms with Crippen molar-refractivity contribution in [1.29, 1.82) is 0 Å². The van der Waals surface area contributed by atoms with Gasteiger partial charge in [0.2, 0.25) is 0 Å². The fourth-order valence-electron chi connectivity index (χ4n) is 6.71. The first kappa shape index (κ1) is 31.3. The van der Waals surface area contributed by atoms with Crippen molar-refractivity contribution in [3.8, 4) is 11.5 Å². The van der Waals surface area contributed by atoms with Gasteiger partial charge in [0.05, 0.1) is 51.1 Å². The normalized spacial score (nSPS) is 21.8. The van der Waals surface area contributed by atoms with Crippen LogP contribution in [0, 0.1) is 0 Å². The van der Waals surface area contributed by atoms with E-state index in [1.54, 1.807) is 26.4 Å². The molecule has 0 saturated carbocycles. The third-order valence-electron chi connectivity index (χ3n) is 9.21. The fourth-order valence-corrected chi connectivity index (χ4v) is 6.71. The van der Waals surface area contributed by atoms with E-state index in [9.17, 15) is 9.59 Å². The molecule has 5 atom stereocenters. The van der Waals surface area contributed by atoms with Crippen molar-refractivity contribution < 1.29 is 28.5 Å². The lowest BCUT2D eigenvalue weighted by Crippen LogP contribution is -2.43. The highest BCUT2D eigenvalue weighted by Crippen LogP contribution is 2.39. The van der Waals surface area contributed by atoms with Gasteiger partial charge in [-0.2, -0.15) is 0 Å². The number of ether oxygens (including phenoxy) is 4. The van der Waals surface area contributed by atoms with E-state index in [1.165, 1.54) is 18.2 Å². The van der Waals surface area contributed by atoms with Gasteiger partial charge in [-0.05, 0) is 102 Å². The van der Waals surface area contributed by atoms with Gasteiger partial charge in [0.1, 0.15) is 11.5 Å². The molecule has 1 unspecified atom stereocenters. The lowest BCUT2D eigenvalue weighted by molar-refractivity contribution is 0.0458. The zero-order valence-corrected chi connectivity index (χ0v) is 26.8. The van der Waals surface area contributed by atoms with Crippen LogP contribution in [0.3, 0.4) is 0 Å². The molecule has 2 N–H and O–H groups in total. The Morgan fingerprint density at radius 2 is 1.24 bits per heavy atom. The Labute approximate surface area is 270 Å². The Balaban J connectivity index is 1.18. The summed E-state index contributed by atoms with van der Waals surface area (Å²) in [6, 6.07) is 27.6. The van der Waals surface area contributed by atoms with Crippen LogP contribution in [0.1, 0.15) is 85.9 Å². The SMILES string of the molecule is COC(=O)c1ccc([C@@H]2N[C@@H](C)C(COC(=O)c3ccc([C@H]4N[C@@H](C)Cc5cc(OC)ccc54)cc3)c3cc(OC)ccc32)cc1. The predicted molar refractivity (Wildman–Crippen MR) is 176 cm³/mol. The molecule has 0 fully saturated rings. The summed E-state index contributed by atoms with van der Waals surface area (Å²) < 4.78 is 21.8. The van der Waals surface area contributed by atoms with Gasteiger partial charge in [-0.25, -0.2) is 9.59 Å². The molecular formula is C38H40N2O6. The molecule has 0 radical (unpaired) electrons. The van der Waals surface area contributed by atoms with E-state index < -0.39 is 0 Å². The zero-order chi connectivity index (χ0) is 32.4. The van der Waals surface area contributed by atoms with Crippen molar-refractivity contribution in [3.05, 3.63) is 129 Å². The molecule has 2 heterocycles. The monoisotopic (exact) mass is 620 g/mol. The first-order chi connectivity index (χ1) is 22.3. The summed E-state index contributed by atoms with van der Waals surface area (Å²) >= 11 is 0. The highest BCUT2D eigenvalue weighted by atomic mass is 16.5. The number of esters is 2. The quantitative estimate of drug-likeness (QED) is 0.227. The Morgan fingerprint density at radius 3 is 1.85 bits per heavy atom. The maximum absolute atomic E-state index is 13.3. The number of hydrogen-bond acceptors (Lipinski definition) is 8. The molecule has 0 saturated heterocycles. The summed E-state index contributed by atoms with van der Waals surface area (Å²) in [5.74, 6) is 0.771. The standard InChI is InChI=1S/C38H40N2O6/c1-22-18-28-19-29(43-3)14-16-31(28)35(39-22)24-8-12-27(13-9-24)38(42)46-21-34-23(2)40-36(32-17-15-30(44-4)20-33(32)34)25-6-10-26(11-7-25)37(41)45-5/h6-17,19-20,22-23,34-36,39-40H,18,21H2,1-5H3/t22-,23-,34?,35+,36-/m0/s1. The second kappa shape index (κ2) is 13.4. The number of carbonyl (C=O) groups excluding carboxylic acids is 2. The number of rotatable bonds is 8. The highest BCUT2D eigenvalue weighted by molar-refractivity contribution is 5.90. The summed E-state index contributed by atoms with van der Waals surface area (Å²) in [7, 11) is 4.71. The zero-order valence-electron chi connectivity index (χ0n) is 26.8. The van der Waals surface area contributed by atoms with Crippen molar-refractivity contribution >= 4 is 11.9 Å². The van der Waals surface area contributed by atoms with Crippen molar-refractivity contribution in [2.75, 3.05) is 27.9 Å². The average molecular weight is 621 g/mol. The van der Waals surface area contributed by atoms with Crippen LogP contribution < -0.4 is 20.1 Å². The van der Waals surface area contributed by atoms with E-state index in [0.29, 0.717) is 17.2 Å². The number of carbonyl (C=O) groups is 2. The largest absolute Gasteiger partial charge is 0.497 e. The van der Waals surface area contributed by atoms with Crippen molar-refractivity contribution in [3.63, 3.8) is 0 Å². The predicted octanol–water partition coefficient (Wildman–Crippen LogP) is 6.14. The summed E-state index contributed by atoms with van der Waals surface area (Å²) in [4.78, 5) is 25.3. The molecule has 2 aliphatic rings. The number of hydrogen-bond donors (Lipinski definition) is 2. The van der Waals surface area contributed by atoms with Crippen LogP contribution in [0.25, 0.3) is 0 Å². The van der Waals surface area contributed by atoms with Gasteiger partial charge in [-0.3, -0.25) is 0 Å². The van der Waals surface area contributed by atoms with E-state index in [2.05, 4.69) is 36.6 Å². The van der Waals surface area contributed by atoms with Crippen LogP contribution in [-0.2, 0) is 15.9 Å². The molecule has 0 amide bonds. The van der Waals surface area contributed by atoms with Gasteiger partial charge >= 0.3 is 11.9 Å². The van der Waals surface area contributed by atoms with Gasteiger partial charge in [-0.15, -0.1) is 0 Å². The van der Waals surface area contributed by atoms with E-state index in [4.69, 9.17) is 18.9 Å². The summed E-state index contributed by atoms with van der Waals surface area (Å²) in [6.07, 6.45) is 0.930. The number of fused-ring (bicyclic) bond motifs is 2. The van der Waals surface area contributed by atoms with Gasteiger partial charge in [0, 0.05) is 18.0 Å². The molecule has 4 aromatic carbocycles. The van der Waals surface area contributed by atoms with E-state index >= 15 is 0 Å². The lowest BCUT2D eigenvalue weighted by Gasteiger charge is -2.38. The van der Waals surface area contributed by atoms with E-state index in [1.807, 2.05) is 60.7 Å². The Kier molecular flexibility index (Phi) is 9.10. The van der Waals surface area contributed by atoms with E-state index in [0.717, 1.165) is 40.2 Å². The molecule has 0 spiro atoms. The third kappa shape index (κ3) is 6.23. The molecule has 46 heavy (non-hydrogen) atoms.